The third-order valence-corrected chi connectivity index (χ3v) is 2.55. The largest absolute Gasteiger partial charge is 0.262 e. The lowest BCUT2D eigenvalue weighted by molar-refractivity contribution is 1.18. The first-order valence-corrected chi connectivity index (χ1v) is 5.95. The van der Waals surface area contributed by atoms with Crippen molar-refractivity contribution < 1.29 is 0 Å². The maximum absolute atomic E-state index is 4.08. The zero-order valence-corrected chi connectivity index (χ0v) is 10.5. The van der Waals surface area contributed by atoms with Crippen molar-refractivity contribution in [3.8, 4) is 0 Å². The average Bonchev–Trinajstić information content (AvgIpc) is 2.56. The quantitative estimate of drug-likeness (QED) is 0.482. The van der Waals surface area contributed by atoms with Crippen molar-refractivity contribution in [2.24, 2.45) is 0 Å². The summed E-state index contributed by atoms with van der Waals surface area (Å²) >= 11 is 0. The summed E-state index contributed by atoms with van der Waals surface area (Å²) in [6, 6.07) is 5.64. The van der Waals surface area contributed by atoms with Crippen LogP contribution in [0.2, 0.25) is 0 Å². The van der Waals surface area contributed by atoms with E-state index in [2.05, 4.69) is 29.9 Å². The Bertz CT molecular complexity index is 631. The molecule has 0 atom stereocenters. The molecule has 20 heavy (non-hydrogen) atoms. The second-order valence-corrected chi connectivity index (χ2v) is 3.86. The summed E-state index contributed by atoms with van der Waals surface area (Å²) in [7, 11) is 0. The Morgan fingerprint density at radius 2 is 1.55 bits per heavy atom. The molecule has 4 aromatic rings. The average molecular weight is 262 g/mol. The molecular formula is C14H10N6. The van der Waals surface area contributed by atoms with E-state index in [0.717, 1.165) is 22.1 Å². The first-order chi connectivity index (χ1) is 9.93. The molecule has 0 spiro atoms. The number of rotatable bonds is 0. The van der Waals surface area contributed by atoms with Crippen molar-refractivity contribution in [3.63, 3.8) is 0 Å². The predicted molar refractivity (Wildman–Crippen MR) is 74.7 cm³/mol. The summed E-state index contributed by atoms with van der Waals surface area (Å²) in [4.78, 5) is 23.9. The van der Waals surface area contributed by atoms with Gasteiger partial charge in [0.2, 0.25) is 0 Å². The maximum Gasteiger partial charge on any atom is 0.162 e. The molecule has 4 rings (SSSR count). The van der Waals surface area contributed by atoms with Crippen LogP contribution in [0, 0.1) is 0 Å². The van der Waals surface area contributed by atoms with E-state index in [1.807, 2.05) is 18.2 Å². The van der Waals surface area contributed by atoms with Gasteiger partial charge in [0.15, 0.2) is 5.65 Å². The number of aromatic nitrogens is 6. The molecule has 0 aromatic carbocycles. The van der Waals surface area contributed by atoms with Crippen molar-refractivity contribution in [1.82, 2.24) is 29.9 Å². The van der Waals surface area contributed by atoms with Crippen LogP contribution < -0.4 is 0 Å². The van der Waals surface area contributed by atoms with E-state index in [0.29, 0.717) is 0 Å². The highest BCUT2D eigenvalue weighted by Crippen LogP contribution is 2.03. The molecule has 0 amide bonds. The van der Waals surface area contributed by atoms with Gasteiger partial charge in [-0.15, -0.1) is 0 Å². The Morgan fingerprint density at radius 3 is 2.40 bits per heavy atom. The lowest BCUT2D eigenvalue weighted by Gasteiger charge is -1.90. The highest BCUT2D eigenvalue weighted by atomic mass is 14.9. The monoisotopic (exact) mass is 262 g/mol. The van der Waals surface area contributed by atoms with Crippen molar-refractivity contribution >= 4 is 22.1 Å². The van der Waals surface area contributed by atoms with Crippen LogP contribution in [-0.4, -0.2) is 29.9 Å². The molecule has 0 unspecified atom stereocenters. The van der Waals surface area contributed by atoms with E-state index in [1.54, 1.807) is 37.2 Å². The summed E-state index contributed by atoms with van der Waals surface area (Å²) in [6.07, 6.45) is 11.7. The Morgan fingerprint density at radius 1 is 0.650 bits per heavy atom. The molecule has 96 valence electrons. The van der Waals surface area contributed by atoms with Gasteiger partial charge < -0.3 is 0 Å². The minimum absolute atomic E-state index is 0.748. The molecule has 0 fully saturated rings. The lowest BCUT2D eigenvalue weighted by atomic mass is 10.3. The van der Waals surface area contributed by atoms with E-state index in [4.69, 9.17) is 0 Å². The van der Waals surface area contributed by atoms with Crippen LogP contribution in [0.4, 0.5) is 0 Å². The van der Waals surface area contributed by atoms with Crippen LogP contribution in [-0.2, 0) is 0 Å². The second kappa shape index (κ2) is 5.75. The number of hydrogen-bond acceptors (Lipinski definition) is 6. The first-order valence-electron chi connectivity index (χ1n) is 5.95. The Kier molecular flexibility index (Phi) is 3.46. The van der Waals surface area contributed by atoms with Crippen molar-refractivity contribution in [2.45, 2.75) is 0 Å². The van der Waals surface area contributed by atoms with Crippen molar-refractivity contribution in [3.05, 3.63) is 61.7 Å². The summed E-state index contributed by atoms with van der Waals surface area (Å²) in [6.45, 7) is 0. The van der Waals surface area contributed by atoms with Gasteiger partial charge in [-0.1, -0.05) is 0 Å². The van der Waals surface area contributed by atoms with Crippen LogP contribution in [0.15, 0.2) is 61.7 Å². The molecule has 0 N–H and O–H groups in total. The molecule has 6 nitrogen and oxygen atoms in total. The van der Waals surface area contributed by atoms with Crippen LogP contribution in [0.1, 0.15) is 0 Å². The van der Waals surface area contributed by atoms with Gasteiger partial charge in [-0.3, -0.25) is 15.0 Å². The fourth-order valence-corrected chi connectivity index (χ4v) is 1.63. The second-order valence-electron chi connectivity index (χ2n) is 3.86. The van der Waals surface area contributed by atoms with Gasteiger partial charge in [-0.05, 0) is 18.2 Å². The predicted octanol–water partition coefficient (Wildman–Crippen LogP) is 2.05. The van der Waals surface area contributed by atoms with Crippen LogP contribution in [0.5, 0.6) is 0 Å². The Labute approximate surface area is 114 Å². The van der Waals surface area contributed by atoms with Crippen LogP contribution in [0.3, 0.4) is 0 Å². The first kappa shape index (κ1) is 12.0. The summed E-state index contributed by atoms with van der Waals surface area (Å²) in [5.74, 6) is 0. The molecule has 0 saturated heterocycles. The fourth-order valence-electron chi connectivity index (χ4n) is 1.63. The SMILES string of the molecule is c1cc2nccnc2cn1.c1cnc2ncncc2c1. The van der Waals surface area contributed by atoms with Gasteiger partial charge in [0.1, 0.15) is 11.8 Å². The normalized spacial score (nSPS) is 10.0. The highest BCUT2D eigenvalue weighted by Gasteiger charge is 1.90. The minimum Gasteiger partial charge on any atom is -0.262 e. The van der Waals surface area contributed by atoms with Gasteiger partial charge in [-0.25, -0.2) is 15.0 Å². The smallest absolute Gasteiger partial charge is 0.162 e. The van der Waals surface area contributed by atoms with Gasteiger partial charge >= 0.3 is 0 Å². The van der Waals surface area contributed by atoms with E-state index >= 15 is 0 Å². The number of fused-ring (bicyclic) bond motifs is 2. The molecule has 4 heterocycles. The molecule has 0 aliphatic rings. The third kappa shape index (κ3) is 2.69. The Balaban J connectivity index is 0.000000121. The summed E-state index contributed by atoms with van der Waals surface area (Å²) < 4.78 is 0. The van der Waals surface area contributed by atoms with Crippen molar-refractivity contribution in [1.29, 1.82) is 0 Å². The Hall–Kier alpha value is -3.02. The molecule has 6 heteroatoms. The molecule has 0 bridgehead atoms. The van der Waals surface area contributed by atoms with Crippen LogP contribution >= 0.6 is 0 Å². The maximum atomic E-state index is 4.08. The molecule has 0 aliphatic heterocycles. The zero-order valence-electron chi connectivity index (χ0n) is 10.5. The molecular weight excluding hydrogens is 252 g/mol. The molecule has 0 radical (unpaired) electrons. The fraction of sp³-hybridized carbons (Fsp3) is 0. The lowest BCUT2D eigenvalue weighted by Crippen LogP contribution is -1.82. The third-order valence-electron chi connectivity index (χ3n) is 2.55. The van der Waals surface area contributed by atoms with Gasteiger partial charge in [0.05, 0.1) is 11.7 Å². The molecule has 0 saturated carbocycles. The van der Waals surface area contributed by atoms with Gasteiger partial charge in [0, 0.05) is 36.4 Å². The highest BCUT2D eigenvalue weighted by molar-refractivity contribution is 5.72. The molecule has 0 aliphatic carbocycles. The van der Waals surface area contributed by atoms with Gasteiger partial charge in [-0.2, -0.15) is 0 Å². The van der Waals surface area contributed by atoms with E-state index in [9.17, 15) is 0 Å². The number of nitrogens with zero attached hydrogens (tertiary/aromatic N) is 6. The van der Waals surface area contributed by atoms with E-state index in [-0.39, 0.29) is 0 Å². The van der Waals surface area contributed by atoms with Crippen LogP contribution in [0.25, 0.3) is 22.1 Å². The standard InChI is InChI=1S/2C7H5N3/c1-2-8-5-7-6(1)9-3-4-10-7;1-2-6-4-8-5-10-7(6)9-3-1/h2*1-5H. The van der Waals surface area contributed by atoms with E-state index < -0.39 is 0 Å². The zero-order chi connectivity index (χ0) is 13.6. The van der Waals surface area contributed by atoms with Crippen molar-refractivity contribution in [2.75, 3.05) is 0 Å². The van der Waals surface area contributed by atoms with E-state index in [1.165, 1.54) is 6.33 Å². The minimum atomic E-state index is 0.748. The topological polar surface area (TPSA) is 77.3 Å². The summed E-state index contributed by atoms with van der Waals surface area (Å²) in [5, 5.41) is 0.977. The number of hydrogen-bond donors (Lipinski definition) is 0. The van der Waals surface area contributed by atoms with Gasteiger partial charge in [0.25, 0.3) is 0 Å². The molecule has 4 aromatic heterocycles. The number of pyridine rings is 2. The summed E-state index contributed by atoms with van der Waals surface area (Å²) in [5.41, 5.74) is 2.47.